The lowest BCUT2D eigenvalue weighted by Gasteiger charge is -2.14. The minimum atomic E-state index is -3.55. The fourth-order valence-corrected chi connectivity index (χ4v) is 3.52. The van der Waals surface area contributed by atoms with Crippen LogP contribution in [0.1, 0.15) is 43.0 Å². The molecule has 0 radical (unpaired) electrons. The number of rotatable bonds is 6. The molecule has 2 rings (SSSR count). The molecule has 1 N–H and O–H groups in total. The smallest absolute Gasteiger partial charge is 0.340 e. The molecule has 2 aromatic carbocycles. The van der Waals surface area contributed by atoms with Crippen molar-refractivity contribution >= 4 is 27.5 Å². The van der Waals surface area contributed by atoms with E-state index < -0.39 is 22.6 Å². The Labute approximate surface area is 159 Å². The van der Waals surface area contributed by atoms with Crippen molar-refractivity contribution in [2.75, 3.05) is 17.6 Å². The van der Waals surface area contributed by atoms with Crippen LogP contribution in [0.25, 0.3) is 0 Å². The van der Waals surface area contributed by atoms with E-state index in [1.54, 1.807) is 12.1 Å². The summed E-state index contributed by atoms with van der Waals surface area (Å²) in [7, 11) is -3.55. The van der Waals surface area contributed by atoms with E-state index in [0.717, 1.165) is 28.5 Å². The Balaban J connectivity index is 2.20. The Kier molecular flexibility index (Phi) is 6.05. The van der Waals surface area contributed by atoms with E-state index in [1.807, 2.05) is 33.8 Å². The molecule has 0 atom stereocenters. The van der Waals surface area contributed by atoms with Crippen LogP contribution in [0.2, 0.25) is 0 Å². The topological polar surface area (TPSA) is 89.5 Å². The van der Waals surface area contributed by atoms with Crippen LogP contribution in [-0.4, -0.2) is 33.0 Å². The van der Waals surface area contributed by atoms with Gasteiger partial charge in [-0.15, -0.1) is 0 Å². The third-order valence-corrected chi connectivity index (χ3v) is 5.00. The molecule has 0 bridgehead atoms. The molecule has 27 heavy (non-hydrogen) atoms. The van der Waals surface area contributed by atoms with Gasteiger partial charge < -0.3 is 4.74 Å². The normalized spacial score (nSPS) is 11.1. The monoisotopic (exact) mass is 389 g/mol. The standard InChI is InChI=1S/C20H23NO5S/c1-12-10-13(2)19(15(4)14(12)3)18(22)11-26-20(23)16-8-6-7-9-17(16)21-27(5,24)25/h6-10,21H,11H2,1-5H3. The molecule has 0 aromatic heterocycles. The number of hydrogen-bond acceptors (Lipinski definition) is 5. The first-order valence-electron chi connectivity index (χ1n) is 8.36. The van der Waals surface area contributed by atoms with E-state index in [-0.39, 0.29) is 17.0 Å². The molecule has 2 aromatic rings. The molecule has 0 fully saturated rings. The lowest BCUT2D eigenvalue weighted by atomic mass is 9.92. The summed E-state index contributed by atoms with van der Waals surface area (Å²) in [6, 6.07) is 8.01. The molecular weight excluding hydrogens is 366 g/mol. The Morgan fingerprint density at radius 3 is 2.26 bits per heavy atom. The molecule has 0 heterocycles. The van der Waals surface area contributed by atoms with Crippen LogP contribution in [0.5, 0.6) is 0 Å². The van der Waals surface area contributed by atoms with E-state index in [9.17, 15) is 18.0 Å². The van der Waals surface area contributed by atoms with Gasteiger partial charge in [0.05, 0.1) is 17.5 Å². The van der Waals surface area contributed by atoms with Gasteiger partial charge in [0.15, 0.2) is 6.61 Å². The zero-order valence-electron chi connectivity index (χ0n) is 16.0. The summed E-state index contributed by atoms with van der Waals surface area (Å²) in [5.74, 6) is -1.07. The average molecular weight is 389 g/mol. The largest absolute Gasteiger partial charge is 0.454 e. The number of hydrogen-bond donors (Lipinski definition) is 1. The quantitative estimate of drug-likeness (QED) is 0.605. The van der Waals surface area contributed by atoms with E-state index in [1.165, 1.54) is 12.1 Å². The molecule has 0 spiro atoms. The fourth-order valence-electron chi connectivity index (χ4n) is 2.94. The number of benzene rings is 2. The molecule has 0 aliphatic rings. The van der Waals surface area contributed by atoms with E-state index in [2.05, 4.69) is 4.72 Å². The summed E-state index contributed by atoms with van der Waals surface area (Å²) in [4.78, 5) is 25.0. The van der Waals surface area contributed by atoms with Gasteiger partial charge >= 0.3 is 5.97 Å². The van der Waals surface area contributed by atoms with Crippen LogP contribution in [0.15, 0.2) is 30.3 Å². The van der Waals surface area contributed by atoms with Gasteiger partial charge in [0, 0.05) is 5.56 Å². The second-order valence-corrected chi connectivity index (χ2v) is 8.30. The van der Waals surface area contributed by atoms with Gasteiger partial charge in [0.1, 0.15) is 0 Å². The van der Waals surface area contributed by atoms with Crippen molar-refractivity contribution in [2.45, 2.75) is 27.7 Å². The highest BCUT2D eigenvalue weighted by molar-refractivity contribution is 7.92. The van der Waals surface area contributed by atoms with E-state index in [0.29, 0.717) is 5.56 Å². The number of aryl methyl sites for hydroxylation is 2. The zero-order chi connectivity index (χ0) is 20.4. The Morgan fingerprint density at radius 2 is 1.63 bits per heavy atom. The van der Waals surface area contributed by atoms with Crippen molar-refractivity contribution in [3.05, 3.63) is 63.7 Å². The van der Waals surface area contributed by atoms with E-state index >= 15 is 0 Å². The predicted octanol–water partition coefficient (Wildman–Crippen LogP) is 3.33. The molecule has 0 saturated carbocycles. The lowest BCUT2D eigenvalue weighted by Crippen LogP contribution is -2.19. The average Bonchev–Trinajstić information content (AvgIpc) is 2.56. The number of ether oxygens (including phenoxy) is 1. The SMILES string of the molecule is Cc1cc(C)c(C(=O)COC(=O)c2ccccc2NS(C)(=O)=O)c(C)c1C. The number of esters is 1. The third-order valence-electron chi connectivity index (χ3n) is 4.41. The first-order chi connectivity index (χ1) is 12.5. The number of Topliss-reactive ketones (excluding diaryl/α,β-unsaturated/α-hetero) is 1. The molecule has 6 nitrogen and oxygen atoms in total. The molecule has 7 heteroatoms. The molecule has 144 valence electrons. The van der Waals surface area contributed by atoms with Crippen molar-refractivity contribution in [1.29, 1.82) is 0 Å². The maximum absolute atomic E-state index is 12.6. The highest BCUT2D eigenvalue weighted by Gasteiger charge is 2.19. The van der Waals surface area contributed by atoms with Gasteiger partial charge in [-0.2, -0.15) is 0 Å². The van der Waals surface area contributed by atoms with Crippen molar-refractivity contribution in [2.24, 2.45) is 0 Å². The molecule has 0 saturated heterocycles. The molecule has 0 amide bonds. The van der Waals surface area contributed by atoms with Gasteiger partial charge in [0.25, 0.3) is 0 Å². The third kappa shape index (κ3) is 4.95. The highest BCUT2D eigenvalue weighted by Crippen LogP contribution is 2.23. The summed E-state index contributed by atoms with van der Waals surface area (Å²) in [5.41, 5.74) is 4.52. The maximum atomic E-state index is 12.6. The van der Waals surface area contributed by atoms with Crippen LogP contribution in [0.4, 0.5) is 5.69 Å². The number of anilines is 1. The van der Waals surface area contributed by atoms with Gasteiger partial charge in [0.2, 0.25) is 15.8 Å². The number of carbonyl (C=O) groups excluding carboxylic acids is 2. The molecule has 0 unspecified atom stereocenters. The van der Waals surface area contributed by atoms with Gasteiger partial charge in [-0.05, 0) is 62.1 Å². The van der Waals surface area contributed by atoms with Crippen molar-refractivity contribution < 1.29 is 22.7 Å². The summed E-state index contributed by atoms with van der Waals surface area (Å²) in [6.07, 6.45) is 0.990. The van der Waals surface area contributed by atoms with Crippen molar-refractivity contribution in [3.8, 4) is 0 Å². The van der Waals surface area contributed by atoms with Crippen LogP contribution < -0.4 is 4.72 Å². The summed E-state index contributed by atoms with van der Waals surface area (Å²) < 4.78 is 30.3. The van der Waals surface area contributed by atoms with Crippen LogP contribution in [-0.2, 0) is 14.8 Å². The van der Waals surface area contributed by atoms with Crippen LogP contribution >= 0.6 is 0 Å². The Morgan fingerprint density at radius 1 is 1.00 bits per heavy atom. The van der Waals surface area contributed by atoms with Crippen molar-refractivity contribution in [1.82, 2.24) is 0 Å². The fraction of sp³-hybridized carbons (Fsp3) is 0.300. The summed E-state index contributed by atoms with van der Waals surface area (Å²) >= 11 is 0. The second-order valence-electron chi connectivity index (χ2n) is 6.55. The van der Waals surface area contributed by atoms with E-state index in [4.69, 9.17) is 4.74 Å². The molecule has 0 aliphatic carbocycles. The second kappa shape index (κ2) is 7.92. The minimum Gasteiger partial charge on any atom is -0.454 e. The first kappa shape index (κ1) is 20.6. The number of ketones is 1. The summed E-state index contributed by atoms with van der Waals surface area (Å²) in [5, 5.41) is 0. The van der Waals surface area contributed by atoms with Crippen molar-refractivity contribution in [3.63, 3.8) is 0 Å². The van der Waals surface area contributed by atoms with Gasteiger partial charge in [-0.3, -0.25) is 9.52 Å². The van der Waals surface area contributed by atoms with Crippen LogP contribution in [0.3, 0.4) is 0 Å². The summed E-state index contributed by atoms with van der Waals surface area (Å²) in [6.45, 7) is 7.22. The minimum absolute atomic E-state index is 0.0456. The Bertz CT molecular complexity index is 1010. The lowest BCUT2D eigenvalue weighted by molar-refractivity contribution is 0.0475. The van der Waals surface area contributed by atoms with Gasteiger partial charge in [-0.1, -0.05) is 18.2 Å². The van der Waals surface area contributed by atoms with Crippen LogP contribution in [0, 0.1) is 27.7 Å². The highest BCUT2D eigenvalue weighted by atomic mass is 32.2. The number of carbonyl (C=O) groups is 2. The molecule has 0 aliphatic heterocycles. The maximum Gasteiger partial charge on any atom is 0.340 e. The van der Waals surface area contributed by atoms with Gasteiger partial charge in [-0.25, -0.2) is 13.2 Å². The Hall–Kier alpha value is -2.67. The number of sulfonamides is 1. The zero-order valence-corrected chi connectivity index (χ0v) is 16.9. The first-order valence-corrected chi connectivity index (χ1v) is 10.2. The molecular formula is C20H23NO5S. The predicted molar refractivity (Wildman–Crippen MR) is 105 cm³/mol. The number of nitrogens with one attached hydrogen (secondary N) is 1. The number of para-hydroxylation sites is 1.